The van der Waals surface area contributed by atoms with Gasteiger partial charge in [0, 0.05) is 17.0 Å². The number of benzene rings is 1. The van der Waals surface area contributed by atoms with Gasteiger partial charge in [0.05, 0.1) is 7.11 Å². The Morgan fingerprint density at radius 2 is 2.07 bits per heavy atom. The second-order valence-electron chi connectivity index (χ2n) is 7.36. The first-order chi connectivity index (χ1) is 14.0. The van der Waals surface area contributed by atoms with Gasteiger partial charge in [-0.1, -0.05) is 12.1 Å². The van der Waals surface area contributed by atoms with E-state index < -0.39 is 17.6 Å². The Kier molecular flexibility index (Phi) is 5.04. The van der Waals surface area contributed by atoms with E-state index in [-0.39, 0.29) is 11.8 Å². The molecule has 1 aliphatic carbocycles. The highest BCUT2D eigenvalue weighted by Gasteiger charge is 2.56. The summed E-state index contributed by atoms with van der Waals surface area (Å²) in [4.78, 5) is 40.9. The highest BCUT2D eigenvalue weighted by molar-refractivity contribution is 7.10. The van der Waals surface area contributed by atoms with Crippen molar-refractivity contribution in [3.63, 3.8) is 0 Å². The van der Waals surface area contributed by atoms with Crippen molar-refractivity contribution < 1.29 is 19.1 Å². The summed E-state index contributed by atoms with van der Waals surface area (Å²) in [7, 11) is 1.59. The number of urea groups is 1. The van der Waals surface area contributed by atoms with Crippen LogP contribution in [0.3, 0.4) is 0 Å². The van der Waals surface area contributed by atoms with E-state index in [1.807, 2.05) is 35.7 Å². The summed E-state index contributed by atoms with van der Waals surface area (Å²) in [5.74, 6) is 0.0232. The zero-order valence-electron chi connectivity index (χ0n) is 16.4. The van der Waals surface area contributed by atoms with Crippen LogP contribution in [0.15, 0.2) is 35.7 Å². The molecular weight excluding hydrogens is 390 g/mol. The quantitative estimate of drug-likeness (QED) is 0.738. The van der Waals surface area contributed by atoms with Crippen LogP contribution < -0.4 is 15.4 Å². The number of nitrogens with zero attached hydrogens (tertiary/aromatic N) is 1. The van der Waals surface area contributed by atoms with Crippen LogP contribution in [0.5, 0.6) is 5.75 Å². The van der Waals surface area contributed by atoms with Crippen LogP contribution >= 0.6 is 11.3 Å². The highest BCUT2D eigenvalue weighted by Crippen LogP contribution is 2.42. The van der Waals surface area contributed by atoms with Crippen molar-refractivity contribution in [2.45, 2.75) is 44.3 Å². The number of amides is 4. The number of hydrogen-bond donors (Lipinski definition) is 2. The lowest BCUT2D eigenvalue weighted by Gasteiger charge is -2.31. The van der Waals surface area contributed by atoms with Gasteiger partial charge < -0.3 is 15.4 Å². The third-order valence-corrected chi connectivity index (χ3v) is 6.66. The zero-order valence-corrected chi connectivity index (χ0v) is 17.2. The Hall–Kier alpha value is -2.87. The van der Waals surface area contributed by atoms with Crippen molar-refractivity contribution in [2.24, 2.45) is 0 Å². The summed E-state index contributed by atoms with van der Waals surface area (Å²) >= 11 is 1.60. The molecule has 1 aromatic heterocycles. The number of aryl methyl sites for hydroxylation is 1. The molecule has 0 radical (unpaired) electrons. The fourth-order valence-corrected chi connectivity index (χ4v) is 5.06. The molecule has 1 aliphatic heterocycles. The van der Waals surface area contributed by atoms with Crippen LogP contribution in [0, 0.1) is 0 Å². The van der Waals surface area contributed by atoms with Gasteiger partial charge in [0.25, 0.3) is 5.91 Å². The summed E-state index contributed by atoms with van der Waals surface area (Å²) in [5, 5.41) is 7.64. The number of nitrogens with one attached hydrogen (secondary N) is 2. The Morgan fingerprint density at radius 3 is 2.79 bits per heavy atom. The monoisotopic (exact) mass is 413 g/mol. The van der Waals surface area contributed by atoms with Crippen molar-refractivity contribution in [3.8, 4) is 5.75 Å². The molecule has 7 nitrogen and oxygen atoms in total. The van der Waals surface area contributed by atoms with E-state index in [4.69, 9.17) is 4.74 Å². The standard InChI is InChI=1S/C21H23N3O4S/c1-13(18(25)22-12-14-5-7-15(28-2)8-6-14)24-19(26)21(23-20(24)27)10-3-4-17-16(21)9-11-29-17/h5-9,11,13H,3-4,10,12H2,1-2H3,(H,22,25)(H,23,27)/t13-,21-/m1/s1. The Balaban J connectivity index is 1.47. The fraction of sp³-hybridized carbons (Fsp3) is 0.381. The molecule has 2 atom stereocenters. The molecule has 29 heavy (non-hydrogen) atoms. The van der Waals surface area contributed by atoms with Crippen LogP contribution in [-0.4, -0.2) is 35.9 Å². The minimum absolute atomic E-state index is 0.302. The second-order valence-corrected chi connectivity index (χ2v) is 8.36. The molecule has 4 rings (SSSR count). The first kappa shape index (κ1) is 19.4. The lowest BCUT2D eigenvalue weighted by atomic mass is 9.80. The predicted molar refractivity (Wildman–Crippen MR) is 109 cm³/mol. The largest absolute Gasteiger partial charge is 0.497 e. The SMILES string of the molecule is COc1ccc(CNC(=O)[C@@H](C)N2C(=O)N[C@@]3(CCCc4sccc43)C2=O)cc1. The van der Waals surface area contributed by atoms with Gasteiger partial charge in [-0.3, -0.25) is 9.59 Å². The van der Waals surface area contributed by atoms with E-state index in [1.54, 1.807) is 25.4 Å². The van der Waals surface area contributed by atoms with Crippen molar-refractivity contribution in [1.82, 2.24) is 15.5 Å². The number of fused-ring (bicyclic) bond motifs is 2. The lowest BCUT2D eigenvalue weighted by Crippen LogP contribution is -2.50. The molecule has 2 aromatic rings. The normalized spacial score (nSPS) is 21.7. The Labute approximate surface area is 173 Å². The van der Waals surface area contributed by atoms with Crippen molar-refractivity contribution in [3.05, 3.63) is 51.7 Å². The van der Waals surface area contributed by atoms with Crippen LogP contribution in [0.4, 0.5) is 4.79 Å². The second kappa shape index (κ2) is 7.51. The molecular formula is C21H23N3O4S. The molecule has 8 heteroatoms. The maximum absolute atomic E-state index is 13.3. The summed E-state index contributed by atoms with van der Waals surface area (Å²) in [6.07, 6.45) is 2.29. The van der Waals surface area contributed by atoms with Gasteiger partial charge in [0.1, 0.15) is 17.3 Å². The highest BCUT2D eigenvalue weighted by atomic mass is 32.1. The van der Waals surface area contributed by atoms with E-state index >= 15 is 0 Å². The van der Waals surface area contributed by atoms with Crippen molar-refractivity contribution >= 4 is 29.2 Å². The Morgan fingerprint density at radius 1 is 1.31 bits per heavy atom. The summed E-state index contributed by atoms with van der Waals surface area (Å²) in [5.41, 5.74) is 0.741. The summed E-state index contributed by atoms with van der Waals surface area (Å²) < 4.78 is 5.12. The zero-order chi connectivity index (χ0) is 20.6. The van der Waals surface area contributed by atoms with E-state index in [9.17, 15) is 14.4 Å². The molecule has 4 amide bonds. The number of thiophene rings is 1. The number of rotatable bonds is 5. The number of ether oxygens (including phenoxy) is 1. The molecule has 152 valence electrons. The Bertz CT molecular complexity index is 955. The molecule has 2 N–H and O–H groups in total. The first-order valence-electron chi connectivity index (χ1n) is 9.59. The molecule has 0 saturated carbocycles. The molecule has 0 unspecified atom stereocenters. The van der Waals surface area contributed by atoms with Crippen molar-refractivity contribution in [1.29, 1.82) is 0 Å². The van der Waals surface area contributed by atoms with Crippen LogP contribution in [0.25, 0.3) is 0 Å². The predicted octanol–water partition coefficient (Wildman–Crippen LogP) is 2.55. The molecule has 1 spiro atoms. The van der Waals surface area contributed by atoms with E-state index in [0.717, 1.165) is 39.5 Å². The minimum atomic E-state index is -1.03. The molecule has 2 heterocycles. The van der Waals surface area contributed by atoms with E-state index in [0.29, 0.717) is 13.0 Å². The van der Waals surface area contributed by atoms with Gasteiger partial charge in [0.15, 0.2) is 0 Å². The minimum Gasteiger partial charge on any atom is -0.497 e. The fourth-order valence-electron chi connectivity index (χ4n) is 4.06. The molecule has 0 bridgehead atoms. The van der Waals surface area contributed by atoms with Gasteiger partial charge in [-0.15, -0.1) is 11.3 Å². The number of carbonyl (C=O) groups is 3. The average Bonchev–Trinajstić information content (AvgIpc) is 3.30. The number of methoxy groups -OCH3 is 1. The molecule has 1 saturated heterocycles. The van der Waals surface area contributed by atoms with Gasteiger partial charge in [-0.05, 0) is 55.3 Å². The lowest BCUT2D eigenvalue weighted by molar-refractivity contribution is -0.138. The number of hydrogen-bond acceptors (Lipinski definition) is 5. The van der Waals surface area contributed by atoms with Crippen LogP contribution in [0.1, 0.15) is 35.8 Å². The van der Waals surface area contributed by atoms with Gasteiger partial charge >= 0.3 is 6.03 Å². The average molecular weight is 413 g/mol. The third kappa shape index (κ3) is 3.27. The number of imide groups is 1. The van der Waals surface area contributed by atoms with Gasteiger partial charge in [0.2, 0.25) is 5.91 Å². The summed E-state index contributed by atoms with van der Waals surface area (Å²) in [6.45, 7) is 1.88. The van der Waals surface area contributed by atoms with Crippen molar-refractivity contribution in [2.75, 3.05) is 7.11 Å². The van der Waals surface area contributed by atoms with Crippen LogP contribution in [0.2, 0.25) is 0 Å². The summed E-state index contributed by atoms with van der Waals surface area (Å²) in [6, 6.07) is 7.83. The maximum Gasteiger partial charge on any atom is 0.326 e. The van der Waals surface area contributed by atoms with Crippen LogP contribution in [-0.2, 0) is 28.1 Å². The maximum atomic E-state index is 13.3. The van der Waals surface area contributed by atoms with E-state index in [2.05, 4.69) is 10.6 Å². The third-order valence-electron chi connectivity index (χ3n) is 5.68. The topological polar surface area (TPSA) is 87.7 Å². The first-order valence-corrected chi connectivity index (χ1v) is 10.5. The van der Waals surface area contributed by atoms with Gasteiger partial charge in [-0.25, -0.2) is 9.69 Å². The molecule has 1 aromatic carbocycles. The molecule has 1 fully saturated rings. The molecule has 2 aliphatic rings. The van der Waals surface area contributed by atoms with Gasteiger partial charge in [-0.2, -0.15) is 0 Å². The number of carbonyl (C=O) groups excluding carboxylic acids is 3. The smallest absolute Gasteiger partial charge is 0.326 e. The van der Waals surface area contributed by atoms with E-state index in [1.165, 1.54) is 0 Å².